The van der Waals surface area contributed by atoms with Crippen LogP contribution < -0.4 is 11.1 Å². The lowest BCUT2D eigenvalue weighted by molar-refractivity contribution is -0.140. The van der Waals surface area contributed by atoms with Crippen molar-refractivity contribution in [1.29, 1.82) is 0 Å². The lowest BCUT2D eigenvalue weighted by Gasteiger charge is -2.15. The first-order valence-corrected chi connectivity index (χ1v) is 4.19. The predicted molar refractivity (Wildman–Crippen MR) is 48.0 cm³/mol. The number of hydrogen-bond donors (Lipinski definition) is 2. The highest BCUT2D eigenvalue weighted by molar-refractivity contribution is 5.73. The van der Waals surface area contributed by atoms with E-state index in [9.17, 15) is 13.2 Å². The molecule has 1 aromatic rings. The van der Waals surface area contributed by atoms with Gasteiger partial charge in [0.1, 0.15) is 6.04 Å². The van der Waals surface area contributed by atoms with Crippen LogP contribution in [0.4, 0.5) is 24.5 Å². The van der Waals surface area contributed by atoms with E-state index < -0.39 is 12.2 Å². The molecule has 76 valence electrons. The van der Waals surface area contributed by atoms with Gasteiger partial charge in [0.05, 0.1) is 11.4 Å². The van der Waals surface area contributed by atoms with Crippen LogP contribution in [0.5, 0.6) is 0 Å². The minimum absolute atomic E-state index is 0.0378. The van der Waals surface area contributed by atoms with Gasteiger partial charge >= 0.3 is 6.18 Å². The zero-order valence-electron chi connectivity index (χ0n) is 7.23. The van der Waals surface area contributed by atoms with Crippen LogP contribution in [0, 0.1) is 0 Å². The van der Waals surface area contributed by atoms with Crippen molar-refractivity contribution in [2.45, 2.75) is 18.6 Å². The molecule has 0 bridgehead atoms. The van der Waals surface area contributed by atoms with Gasteiger partial charge in [-0.1, -0.05) is 12.1 Å². The molecule has 0 unspecified atom stereocenters. The Labute approximate surface area is 78.9 Å². The molecule has 1 aliphatic heterocycles. The van der Waals surface area contributed by atoms with Crippen molar-refractivity contribution in [2.75, 3.05) is 11.1 Å². The van der Waals surface area contributed by atoms with Crippen molar-refractivity contribution in [3.63, 3.8) is 0 Å². The van der Waals surface area contributed by atoms with E-state index in [1.165, 1.54) is 0 Å². The number of nitrogen functional groups attached to an aromatic ring is 1. The lowest BCUT2D eigenvalue weighted by Crippen LogP contribution is -2.34. The summed E-state index contributed by atoms with van der Waals surface area (Å²) in [4.78, 5) is 0. The SMILES string of the molecule is Nc1cccc2c1N[C@H](C(F)(F)F)C2. The van der Waals surface area contributed by atoms with Crippen LogP contribution in [0.1, 0.15) is 5.56 Å². The number of alkyl halides is 3. The summed E-state index contributed by atoms with van der Waals surface area (Å²) < 4.78 is 37.1. The molecule has 0 amide bonds. The average molecular weight is 202 g/mol. The summed E-state index contributed by atoms with van der Waals surface area (Å²) in [5.74, 6) is 0. The fourth-order valence-electron chi connectivity index (χ4n) is 1.61. The van der Waals surface area contributed by atoms with Crippen molar-refractivity contribution < 1.29 is 13.2 Å². The van der Waals surface area contributed by atoms with Gasteiger partial charge in [-0.05, 0) is 11.6 Å². The van der Waals surface area contributed by atoms with Gasteiger partial charge in [0.2, 0.25) is 0 Å². The topological polar surface area (TPSA) is 38.0 Å². The molecule has 1 heterocycles. The maximum absolute atomic E-state index is 12.4. The summed E-state index contributed by atoms with van der Waals surface area (Å²) in [6, 6.07) is 3.41. The summed E-state index contributed by atoms with van der Waals surface area (Å²) in [5, 5.41) is 2.39. The summed E-state index contributed by atoms with van der Waals surface area (Å²) in [5.41, 5.74) is 6.97. The Morgan fingerprint density at radius 2 is 2.07 bits per heavy atom. The van der Waals surface area contributed by atoms with Crippen LogP contribution in [-0.4, -0.2) is 12.2 Å². The molecule has 0 saturated carbocycles. The van der Waals surface area contributed by atoms with E-state index in [1.807, 2.05) is 0 Å². The molecular formula is C9H9F3N2. The second-order valence-corrected chi connectivity index (χ2v) is 3.32. The van der Waals surface area contributed by atoms with Crippen LogP contribution in [0.25, 0.3) is 0 Å². The molecule has 0 aliphatic carbocycles. The number of halogens is 3. The van der Waals surface area contributed by atoms with Gasteiger partial charge in [-0.25, -0.2) is 0 Å². The summed E-state index contributed by atoms with van der Waals surface area (Å²) in [6.45, 7) is 0. The number of nitrogens with one attached hydrogen (secondary N) is 1. The van der Waals surface area contributed by atoms with Crippen LogP contribution in [0.3, 0.4) is 0 Å². The first-order valence-electron chi connectivity index (χ1n) is 4.19. The zero-order valence-corrected chi connectivity index (χ0v) is 7.23. The molecule has 2 rings (SSSR count). The molecule has 1 aromatic carbocycles. The van der Waals surface area contributed by atoms with E-state index in [0.29, 0.717) is 16.9 Å². The molecule has 0 fully saturated rings. The fourth-order valence-corrected chi connectivity index (χ4v) is 1.61. The predicted octanol–water partition coefficient (Wildman–Crippen LogP) is 2.17. The van der Waals surface area contributed by atoms with Gasteiger partial charge in [0.25, 0.3) is 0 Å². The third-order valence-electron chi connectivity index (χ3n) is 2.32. The lowest BCUT2D eigenvalue weighted by atomic mass is 10.1. The highest BCUT2D eigenvalue weighted by Gasteiger charge is 2.43. The second-order valence-electron chi connectivity index (χ2n) is 3.32. The van der Waals surface area contributed by atoms with Gasteiger partial charge in [-0.15, -0.1) is 0 Å². The van der Waals surface area contributed by atoms with Crippen molar-refractivity contribution in [2.24, 2.45) is 0 Å². The number of para-hydroxylation sites is 1. The van der Waals surface area contributed by atoms with Gasteiger partial charge in [0.15, 0.2) is 0 Å². The number of nitrogens with two attached hydrogens (primary N) is 1. The molecule has 0 saturated heterocycles. The first kappa shape index (κ1) is 9.18. The average Bonchev–Trinajstić information content (AvgIpc) is 2.48. The van der Waals surface area contributed by atoms with Crippen LogP contribution in [-0.2, 0) is 6.42 Å². The highest BCUT2D eigenvalue weighted by Crippen LogP contribution is 2.37. The standard InChI is InChI=1S/C9H9F3N2/c10-9(11,12)7-4-5-2-1-3-6(13)8(5)14-7/h1-3,7,14H,4,13H2/t7-/m0/s1. The third-order valence-corrected chi connectivity index (χ3v) is 2.32. The molecule has 3 N–H and O–H groups in total. The molecular weight excluding hydrogens is 193 g/mol. The molecule has 2 nitrogen and oxygen atoms in total. The second kappa shape index (κ2) is 2.80. The molecule has 5 heteroatoms. The summed E-state index contributed by atoms with van der Waals surface area (Å²) in [6.07, 6.45) is -4.25. The third kappa shape index (κ3) is 1.38. The summed E-state index contributed by atoms with van der Waals surface area (Å²) in [7, 11) is 0. The first-order chi connectivity index (χ1) is 6.48. The molecule has 0 radical (unpaired) electrons. The van der Waals surface area contributed by atoms with Gasteiger partial charge in [-0.3, -0.25) is 0 Å². The minimum Gasteiger partial charge on any atom is -0.397 e. The van der Waals surface area contributed by atoms with E-state index in [1.54, 1.807) is 18.2 Å². The van der Waals surface area contributed by atoms with E-state index >= 15 is 0 Å². The fraction of sp³-hybridized carbons (Fsp3) is 0.333. The van der Waals surface area contributed by atoms with Crippen molar-refractivity contribution in [1.82, 2.24) is 0 Å². The number of benzene rings is 1. The van der Waals surface area contributed by atoms with Gasteiger partial charge < -0.3 is 11.1 Å². The smallest absolute Gasteiger partial charge is 0.397 e. The Hall–Kier alpha value is -1.39. The van der Waals surface area contributed by atoms with Gasteiger partial charge in [-0.2, -0.15) is 13.2 Å². The Kier molecular flexibility index (Phi) is 1.83. The monoisotopic (exact) mass is 202 g/mol. The number of anilines is 2. The van der Waals surface area contributed by atoms with Crippen LogP contribution >= 0.6 is 0 Å². The molecule has 1 aliphatic rings. The Morgan fingerprint density at radius 1 is 1.36 bits per heavy atom. The molecule has 0 aromatic heterocycles. The maximum Gasteiger partial charge on any atom is 0.408 e. The Bertz CT molecular complexity index is 360. The van der Waals surface area contributed by atoms with Gasteiger partial charge in [0, 0.05) is 6.42 Å². The van der Waals surface area contributed by atoms with Crippen molar-refractivity contribution in [3.8, 4) is 0 Å². The van der Waals surface area contributed by atoms with E-state index in [-0.39, 0.29) is 6.42 Å². The van der Waals surface area contributed by atoms with E-state index in [2.05, 4.69) is 5.32 Å². The number of fused-ring (bicyclic) bond motifs is 1. The van der Waals surface area contributed by atoms with Crippen LogP contribution in [0.2, 0.25) is 0 Å². The van der Waals surface area contributed by atoms with E-state index in [0.717, 1.165) is 0 Å². The van der Waals surface area contributed by atoms with Crippen LogP contribution in [0.15, 0.2) is 18.2 Å². The molecule has 1 atom stereocenters. The van der Waals surface area contributed by atoms with E-state index in [4.69, 9.17) is 5.73 Å². The van der Waals surface area contributed by atoms with Crippen molar-refractivity contribution in [3.05, 3.63) is 23.8 Å². The molecule has 14 heavy (non-hydrogen) atoms. The maximum atomic E-state index is 12.4. The quantitative estimate of drug-likeness (QED) is 0.633. The molecule has 0 spiro atoms. The largest absolute Gasteiger partial charge is 0.408 e. The number of hydrogen-bond acceptors (Lipinski definition) is 2. The Morgan fingerprint density at radius 3 is 2.64 bits per heavy atom. The zero-order chi connectivity index (χ0) is 10.3. The summed E-state index contributed by atoms with van der Waals surface area (Å²) >= 11 is 0. The highest BCUT2D eigenvalue weighted by atomic mass is 19.4. The minimum atomic E-state index is -4.22. The Balaban J connectivity index is 2.31. The normalized spacial score (nSPS) is 20.4. The number of rotatable bonds is 0. The van der Waals surface area contributed by atoms with Crippen molar-refractivity contribution >= 4 is 11.4 Å².